The Labute approximate surface area is 89.2 Å². The predicted octanol–water partition coefficient (Wildman–Crippen LogP) is 1.78. The normalized spacial score (nSPS) is 11.6. The number of H-pyrrole nitrogens is 1. The molecular formula is C10H9N3OS. The Morgan fingerprint density at radius 1 is 1.53 bits per heavy atom. The lowest BCUT2D eigenvalue weighted by Crippen LogP contribution is -2.10. The van der Waals surface area contributed by atoms with Gasteiger partial charge in [-0.25, -0.2) is 5.10 Å². The largest absolute Gasteiger partial charge is 0.338 e. The average Bonchev–Trinajstić information content (AvgIpc) is 2.68. The first-order chi connectivity index (χ1) is 7.18. The molecule has 0 aliphatic rings. The van der Waals surface area contributed by atoms with E-state index < -0.39 is 0 Å². The summed E-state index contributed by atoms with van der Waals surface area (Å²) in [5, 5.41) is 7.24. The van der Waals surface area contributed by atoms with Gasteiger partial charge in [0, 0.05) is 17.3 Å². The molecule has 4 nitrogen and oxygen atoms in total. The van der Waals surface area contributed by atoms with E-state index in [1.165, 1.54) is 4.88 Å². The Bertz CT molecular complexity index is 719. The van der Waals surface area contributed by atoms with Crippen LogP contribution in [-0.4, -0.2) is 14.8 Å². The summed E-state index contributed by atoms with van der Waals surface area (Å²) in [6, 6.07) is 2.10. The van der Waals surface area contributed by atoms with Gasteiger partial charge in [-0.2, -0.15) is 5.10 Å². The van der Waals surface area contributed by atoms with E-state index in [4.69, 9.17) is 0 Å². The summed E-state index contributed by atoms with van der Waals surface area (Å²) < 4.78 is 3.07. The lowest BCUT2D eigenvalue weighted by molar-refractivity contribution is 0.958. The summed E-state index contributed by atoms with van der Waals surface area (Å²) in [6.45, 7) is 2.07. The maximum absolute atomic E-state index is 11.6. The molecule has 3 aromatic rings. The van der Waals surface area contributed by atoms with Crippen molar-refractivity contribution >= 4 is 32.5 Å². The monoisotopic (exact) mass is 219 g/mol. The standard InChI is InChI=1S/C10H9N3OS/c1-5-3-7-9(15-5)6-4-11-12-10(14)8(6)13(7)2/h3-4H,1-2H3,(H,12,14). The van der Waals surface area contributed by atoms with E-state index in [1.54, 1.807) is 17.5 Å². The van der Waals surface area contributed by atoms with Gasteiger partial charge in [-0.1, -0.05) is 0 Å². The number of aryl methyl sites for hydroxylation is 2. The lowest BCUT2D eigenvalue weighted by Gasteiger charge is -1.94. The minimum absolute atomic E-state index is 0.129. The SMILES string of the molecule is Cc1cc2c(s1)c1cn[nH]c(=O)c1n2C. The van der Waals surface area contributed by atoms with Crippen molar-refractivity contribution in [1.29, 1.82) is 0 Å². The predicted molar refractivity (Wildman–Crippen MR) is 61.5 cm³/mol. The van der Waals surface area contributed by atoms with Crippen LogP contribution in [0.5, 0.6) is 0 Å². The quantitative estimate of drug-likeness (QED) is 0.626. The molecule has 0 atom stereocenters. The van der Waals surface area contributed by atoms with E-state index in [-0.39, 0.29) is 5.56 Å². The van der Waals surface area contributed by atoms with E-state index in [2.05, 4.69) is 23.2 Å². The third-order valence-electron chi connectivity index (χ3n) is 2.61. The second-order valence-electron chi connectivity index (χ2n) is 3.59. The van der Waals surface area contributed by atoms with Gasteiger partial charge < -0.3 is 4.57 Å². The highest BCUT2D eigenvalue weighted by atomic mass is 32.1. The van der Waals surface area contributed by atoms with Crippen molar-refractivity contribution in [3.63, 3.8) is 0 Å². The molecule has 3 heterocycles. The van der Waals surface area contributed by atoms with Crippen LogP contribution in [0.25, 0.3) is 21.1 Å². The number of aromatic amines is 1. The molecule has 0 amide bonds. The summed E-state index contributed by atoms with van der Waals surface area (Å²) in [5.41, 5.74) is 1.67. The molecule has 0 saturated heterocycles. The molecule has 0 saturated carbocycles. The lowest BCUT2D eigenvalue weighted by atomic mass is 10.3. The number of fused-ring (bicyclic) bond motifs is 3. The van der Waals surface area contributed by atoms with Crippen molar-refractivity contribution in [1.82, 2.24) is 14.8 Å². The van der Waals surface area contributed by atoms with E-state index in [0.29, 0.717) is 5.52 Å². The first-order valence-corrected chi connectivity index (χ1v) is 5.42. The zero-order valence-corrected chi connectivity index (χ0v) is 9.18. The third-order valence-corrected chi connectivity index (χ3v) is 3.68. The molecule has 3 aromatic heterocycles. The highest BCUT2D eigenvalue weighted by molar-refractivity contribution is 7.20. The van der Waals surface area contributed by atoms with Gasteiger partial charge in [0.05, 0.1) is 16.4 Å². The van der Waals surface area contributed by atoms with E-state index >= 15 is 0 Å². The van der Waals surface area contributed by atoms with Crippen LogP contribution in [0.2, 0.25) is 0 Å². The van der Waals surface area contributed by atoms with Gasteiger partial charge in [0.1, 0.15) is 5.52 Å². The van der Waals surface area contributed by atoms with Gasteiger partial charge in [-0.15, -0.1) is 11.3 Å². The zero-order valence-electron chi connectivity index (χ0n) is 8.37. The maximum Gasteiger partial charge on any atom is 0.288 e. The summed E-state index contributed by atoms with van der Waals surface area (Å²) >= 11 is 1.70. The number of rotatable bonds is 0. The van der Waals surface area contributed by atoms with Crippen molar-refractivity contribution in [2.45, 2.75) is 6.92 Å². The molecule has 3 rings (SSSR count). The summed E-state index contributed by atoms with van der Waals surface area (Å²) in [4.78, 5) is 12.9. The molecule has 0 aliphatic heterocycles. The Hall–Kier alpha value is -1.62. The number of thiophene rings is 1. The molecule has 76 valence electrons. The molecular weight excluding hydrogens is 210 g/mol. The summed E-state index contributed by atoms with van der Waals surface area (Å²) in [6.07, 6.45) is 1.72. The van der Waals surface area contributed by atoms with Gasteiger partial charge in [0.25, 0.3) is 5.56 Å². The van der Waals surface area contributed by atoms with Crippen LogP contribution >= 0.6 is 11.3 Å². The Morgan fingerprint density at radius 3 is 3.13 bits per heavy atom. The minimum Gasteiger partial charge on any atom is -0.338 e. The second-order valence-corrected chi connectivity index (χ2v) is 4.85. The number of nitrogens with zero attached hydrogens (tertiary/aromatic N) is 2. The van der Waals surface area contributed by atoms with Crippen LogP contribution in [0.15, 0.2) is 17.1 Å². The minimum atomic E-state index is -0.129. The molecule has 0 radical (unpaired) electrons. The van der Waals surface area contributed by atoms with Gasteiger partial charge in [-0.3, -0.25) is 4.79 Å². The van der Waals surface area contributed by atoms with Gasteiger partial charge in [0.2, 0.25) is 0 Å². The highest BCUT2D eigenvalue weighted by Gasteiger charge is 2.13. The number of aromatic nitrogens is 3. The molecule has 0 bridgehead atoms. The molecule has 0 aromatic carbocycles. The summed E-state index contributed by atoms with van der Waals surface area (Å²) in [5.74, 6) is 0. The third kappa shape index (κ3) is 1.01. The van der Waals surface area contributed by atoms with Crippen molar-refractivity contribution in [3.05, 3.63) is 27.5 Å². The van der Waals surface area contributed by atoms with Gasteiger partial charge in [-0.05, 0) is 13.0 Å². The number of hydrogen-bond donors (Lipinski definition) is 1. The smallest absolute Gasteiger partial charge is 0.288 e. The Morgan fingerprint density at radius 2 is 2.33 bits per heavy atom. The number of nitrogens with one attached hydrogen (secondary N) is 1. The topological polar surface area (TPSA) is 50.7 Å². The fraction of sp³-hybridized carbons (Fsp3) is 0.200. The first-order valence-electron chi connectivity index (χ1n) is 4.60. The van der Waals surface area contributed by atoms with E-state index in [9.17, 15) is 4.79 Å². The average molecular weight is 219 g/mol. The molecule has 0 spiro atoms. The van der Waals surface area contributed by atoms with Gasteiger partial charge >= 0.3 is 0 Å². The first kappa shape index (κ1) is 8.67. The van der Waals surface area contributed by atoms with Crippen molar-refractivity contribution in [3.8, 4) is 0 Å². The van der Waals surface area contributed by atoms with Crippen molar-refractivity contribution < 1.29 is 0 Å². The molecule has 15 heavy (non-hydrogen) atoms. The fourth-order valence-corrected chi connectivity index (χ4v) is 3.01. The highest BCUT2D eigenvalue weighted by Crippen LogP contribution is 2.32. The van der Waals surface area contributed by atoms with Crippen LogP contribution < -0.4 is 5.56 Å². The van der Waals surface area contributed by atoms with Gasteiger partial charge in [0.15, 0.2) is 0 Å². The van der Waals surface area contributed by atoms with Crippen molar-refractivity contribution in [2.75, 3.05) is 0 Å². The van der Waals surface area contributed by atoms with Crippen molar-refractivity contribution in [2.24, 2.45) is 7.05 Å². The molecule has 0 unspecified atom stereocenters. The van der Waals surface area contributed by atoms with E-state index in [1.807, 2.05) is 11.6 Å². The molecule has 0 fully saturated rings. The molecule has 5 heteroatoms. The zero-order chi connectivity index (χ0) is 10.6. The second kappa shape index (κ2) is 2.70. The van der Waals surface area contributed by atoms with Crippen LogP contribution in [0.4, 0.5) is 0 Å². The number of hydrogen-bond acceptors (Lipinski definition) is 3. The van der Waals surface area contributed by atoms with Crippen LogP contribution in [-0.2, 0) is 7.05 Å². The van der Waals surface area contributed by atoms with Crippen LogP contribution in [0.1, 0.15) is 4.88 Å². The summed E-state index contributed by atoms with van der Waals surface area (Å²) in [7, 11) is 1.91. The van der Waals surface area contributed by atoms with Crippen LogP contribution in [0.3, 0.4) is 0 Å². The molecule has 1 N–H and O–H groups in total. The fourth-order valence-electron chi connectivity index (χ4n) is 1.95. The Balaban J connectivity index is 2.71. The van der Waals surface area contributed by atoms with Crippen LogP contribution in [0, 0.1) is 6.92 Å². The molecule has 0 aliphatic carbocycles. The Kier molecular flexibility index (Phi) is 1.56. The van der Waals surface area contributed by atoms with E-state index in [0.717, 1.165) is 15.6 Å². The maximum atomic E-state index is 11.6.